The molecule has 1 aliphatic carbocycles. The van der Waals surface area contributed by atoms with Crippen molar-refractivity contribution in [2.75, 3.05) is 37.7 Å². The molecule has 1 aromatic carbocycles. The molecule has 0 aromatic heterocycles. The van der Waals surface area contributed by atoms with Gasteiger partial charge in [-0.15, -0.1) is 0 Å². The minimum Gasteiger partial charge on any atom is -0.378 e. The van der Waals surface area contributed by atoms with Gasteiger partial charge in [-0.3, -0.25) is 9.59 Å². The fourth-order valence-electron chi connectivity index (χ4n) is 3.35. The van der Waals surface area contributed by atoms with E-state index in [1.807, 2.05) is 28.0 Å². The lowest BCUT2D eigenvalue weighted by atomic mass is 10.0. The maximum Gasteiger partial charge on any atom is 0.254 e. The summed E-state index contributed by atoms with van der Waals surface area (Å²) < 4.78 is 5.31. The van der Waals surface area contributed by atoms with Crippen molar-refractivity contribution in [1.82, 2.24) is 4.90 Å². The van der Waals surface area contributed by atoms with Crippen molar-refractivity contribution in [3.05, 3.63) is 29.3 Å². The predicted molar refractivity (Wildman–Crippen MR) is 81.9 cm³/mol. The van der Waals surface area contributed by atoms with E-state index in [0.717, 1.165) is 36.1 Å². The number of benzene rings is 1. The lowest BCUT2D eigenvalue weighted by molar-refractivity contribution is -0.119. The van der Waals surface area contributed by atoms with E-state index in [1.165, 1.54) is 0 Å². The van der Waals surface area contributed by atoms with Gasteiger partial charge in [-0.05, 0) is 37.0 Å². The van der Waals surface area contributed by atoms with Crippen LogP contribution in [0, 0.1) is 5.92 Å². The van der Waals surface area contributed by atoms with Crippen molar-refractivity contribution in [1.29, 1.82) is 0 Å². The first-order valence-electron chi connectivity index (χ1n) is 8.06. The number of hydrogen-bond donors (Lipinski definition) is 0. The van der Waals surface area contributed by atoms with Crippen LogP contribution in [0.5, 0.6) is 0 Å². The van der Waals surface area contributed by atoms with E-state index in [4.69, 9.17) is 4.74 Å². The third kappa shape index (κ3) is 2.29. The van der Waals surface area contributed by atoms with Crippen LogP contribution in [0.15, 0.2) is 18.2 Å². The molecular weight excluding hydrogens is 280 g/mol. The molecule has 2 heterocycles. The van der Waals surface area contributed by atoms with Gasteiger partial charge >= 0.3 is 0 Å². The first-order chi connectivity index (χ1) is 10.8. The summed E-state index contributed by atoms with van der Waals surface area (Å²) in [5, 5.41) is 0. The molecule has 0 radical (unpaired) electrons. The van der Waals surface area contributed by atoms with Crippen LogP contribution in [0.25, 0.3) is 0 Å². The molecule has 0 spiro atoms. The van der Waals surface area contributed by atoms with Crippen LogP contribution in [0.2, 0.25) is 0 Å². The molecule has 116 valence electrons. The number of carbonyl (C=O) groups excluding carboxylic acids is 2. The first kappa shape index (κ1) is 13.8. The molecule has 1 saturated carbocycles. The van der Waals surface area contributed by atoms with E-state index >= 15 is 0 Å². The molecule has 2 fully saturated rings. The fraction of sp³-hybridized carbons (Fsp3) is 0.529. The highest BCUT2D eigenvalue weighted by atomic mass is 16.5. The number of morpholine rings is 1. The summed E-state index contributed by atoms with van der Waals surface area (Å²) in [5.74, 6) is 0.514. The molecule has 5 heteroatoms. The molecule has 1 aromatic rings. The van der Waals surface area contributed by atoms with Gasteiger partial charge in [0.2, 0.25) is 5.91 Å². The van der Waals surface area contributed by atoms with Gasteiger partial charge in [0.25, 0.3) is 5.91 Å². The highest BCUT2D eigenvalue weighted by Gasteiger charge is 2.37. The topological polar surface area (TPSA) is 49.9 Å². The standard InChI is InChI=1S/C17H20N2O3/c20-16(12-4-5-12)19-7-6-13-14(2-1-3-15(13)19)17(21)18-8-10-22-11-9-18/h1-3,12H,4-11H2. The number of amides is 2. The van der Waals surface area contributed by atoms with E-state index in [-0.39, 0.29) is 17.7 Å². The number of nitrogens with zero attached hydrogens (tertiary/aromatic N) is 2. The van der Waals surface area contributed by atoms with Crippen molar-refractivity contribution in [2.45, 2.75) is 19.3 Å². The fourth-order valence-corrected chi connectivity index (χ4v) is 3.35. The van der Waals surface area contributed by atoms with Gasteiger partial charge in [-0.2, -0.15) is 0 Å². The molecule has 0 atom stereocenters. The maximum absolute atomic E-state index is 12.7. The third-order valence-electron chi connectivity index (χ3n) is 4.75. The van der Waals surface area contributed by atoms with Crippen LogP contribution < -0.4 is 4.90 Å². The van der Waals surface area contributed by atoms with E-state index in [0.29, 0.717) is 32.8 Å². The van der Waals surface area contributed by atoms with Crippen LogP contribution >= 0.6 is 0 Å². The van der Waals surface area contributed by atoms with Crippen molar-refractivity contribution < 1.29 is 14.3 Å². The molecule has 0 unspecified atom stereocenters. The van der Waals surface area contributed by atoms with Crippen molar-refractivity contribution >= 4 is 17.5 Å². The van der Waals surface area contributed by atoms with Gasteiger partial charge in [0.1, 0.15) is 0 Å². The molecule has 0 bridgehead atoms. The van der Waals surface area contributed by atoms with Gasteiger partial charge < -0.3 is 14.5 Å². The first-order valence-corrected chi connectivity index (χ1v) is 8.06. The second-order valence-electron chi connectivity index (χ2n) is 6.22. The minimum atomic E-state index is 0.0703. The van der Waals surface area contributed by atoms with Crippen LogP contribution in [0.4, 0.5) is 5.69 Å². The number of hydrogen-bond acceptors (Lipinski definition) is 3. The monoisotopic (exact) mass is 300 g/mol. The van der Waals surface area contributed by atoms with E-state index in [2.05, 4.69) is 0 Å². The molecule has 2 aliphatic heterocycles. The Kier molecular flexibility index (Phi) is 3.37. The Labute approximate surface area is 129 Å². The zero-order valence-electron chi connectivity index (χ0n) is 12.6. The molecule has 4 rings (SSSR count). The number of ether oxygens (including phenoxy) is 1. The Morgan fingerprint density at radius 2 is 1.86 bits per heavy atom. The van der Waals surface area contributed by atoms with E-state index in [1.54, 1.807) is 0 Å². The second kappa shape index (κ2) is 5.39. The highest BCUT2D eigenvalue weighted by Crippen LogP contribution is 2.37. The van der Waals surface area contributed by atoms with Crippen molar-refractivity contribution in [3.63, 3.8) is 0 Å². The average Bonchev–Trinajstić information content (AvgIpc) is 3.33. The number of fused-ring (bicyclic) bond motifs is 1. The lowest BCUT2D eigenvalue weighted by Gasteiger charge is -2.27. The molecule has 5 nitrogen and oxygen atoms in total. The largest absolute Gasteiger partial charge is 0.378 e. The lowest BCUT2D eigenvalue weighted by Crippen LogP contribution is -2.41. The molecule has 3 aliphatic rings. The average molecular weight is 300 g/mol. The van der Waals surface area contributed by atoms with E-state index < -0.39 is 0 Å². The summed E-state index contributed by atoms with van der Waals surface area (Å²) in [4.78, 5) is 28.8. The summed E-state index contributed by atoms with van der Waals surface area (Å²) in [6.07, 6.45) is 2.80. The smallest absolute Gasteiger partial charge is 0.254 e. The Morgan fingerprint density at radius 3 is 2.59 bits per heavy atom. The highest BCUT2D eigenvalue weighted by molar-refractivity contribution is 6.02. The maximum atomic E-state index is 12.7. The molecular formula is C17H20N2O3. The molecule has 22 heavy (non-hydrogen) atoms. The van der Waals surface area contributed by atoms with Gasteiger partial charge in [-0.1, -0.05) is 6.07 Å². The Balaban J connectivity index is 1.62. The van der Waals surface area contributed by atoms with Crippen LogP contribution in [0.3, 0.4) is 0 Å². The zero-order chi connectivity index (χ0) is 15.1. The minimum absolute atomic E-state index is 0.0703. The number of carbonyl (C=O) groups is 2. The predicted octanol–water partition coefficient (Wildman–Crippen LogP) is 1.46. The number of rotatable bonds is 2. The van der Waals surface area contributed by atoms with Gasteiger partial charge in [0.15, 0.2) is 0 Å². The molecule has 1 saturated heterocycles. The van der Waals surface area contributed by atoms with E-state index in [9.17, 15) is 9.59 Å². The third-order valence-corrected chi connectivity index (χ3v) is 4.75. The Morgan fingerprint density at radius 1 is 1.09 bits per heavy atom. The summed E-state index contributed by atoms with van der Waals surface area (Å²) in [6, 6.07) is 5.76. The zero-order valence-corrected chi connectivity index (χ0v) is 12.6. The second-order valence-corrected chi connectivity index (χ2v) is 6.22. The van der Waals surface area contributed by atoms with Crippen LogP contribution in [-0.2, 0) is 16.0 Å². The summed E-state index contributed by atoms with van der Waals surface area (Å²) >= 11 is 0. The summed E-state index contributed by atoms with van der Waals surface area (Å²) in [7, 11) is 0. The Hall–Kier alpha value is -1.88. The Bertz CT molecular complexity index is 618. The van der Waals surface area contributed by atoms with Gasteiger partial charge in [0, 0.05) is 36.8 Å². The van der Waals surface area contributed by atoms with Crippen molar-refractivity contribution in [3.8, 4) is 0 Å². The summed E-state index contributed by atoms with van der Waals surface area (Å²) in [5.41, 5.74) is 2.73. The van der Waals surface area contributed by atoms with Gasteiger partial charge in [0.05, 0.1) is 13.2 Å². The van der Waals surface area contributed by atoms with Crippen LogP contribution in [-0.4, -0.2) is 49.6 Å². The molecule has 2 amide bonds. The van der Waals surface area contributed by atoms with Gasteiger partial charge in [-0.25, -0.2) is 0 Å². The molecule has 0 N–H and O–H groups in total. The SMILES string of the molecule is O=C(c1cccc2c1CCN2C(=O)C1CC1)N1CCOCC1. The van der Waals surface area contributed by atoms with Crippen LogP contribution in [0.1, 0.15) is 28.8 Å². The summed E-state index contributed by atoms with van der Waals surface area (Å²) in [6.45, 7) is 3.21. The van der Waals surface area contributed by atoms with Crippen molar-refractivity contribution in [2.24, 2.45) is 5.92 Å². The normalized spacial score (nSPS) is 20.9. The number of anilines is 1. The quantitative estimate of drug-likeness (QED) is 0.831.